The normalized spacial score (nSPS) is 35.4. The van der Waals surface area contributed by atoms with Gasteiger partial charge in [-0.05, 0) is 31.2 Å². The zero-order valence-corrected chi connectivity index (χ0v) is 18.0. The lowest BCUT2D eigenvalue weighted by Gasteiger charge is -2.33. The van der Waals surface area contributed by atoms with Crippen LogP contribution in [0.5, 0.6) is 0 Å². The first-order chi connectivity index (χ1) is 15.6. The lowest BCUT2D eigenvalue weighted by Crippen LogP contribution is -2.55. The van der Waals surface area contributed by atoms with E-state index in [-0.39, 0.29) is 29.8 Å². The summed E-state index contributed by atoms with van der Waals surface area (Å²) in [7, 11) is 0. The lowest BCUT2D eigenvalue weighted by atomic mass is 9.74. The Bertz CT molecular complexity index is 969. The second-order valence-corrected chi connectivity index (χ2v) is 9.93. The first-order valence-electron chi connectivity index (χ1n) is 11.9. The van der Waals surface area contributed by atoms with Crippen LogP contribution in [0.2, 0.25) is 0 Å². The SMILES string of the molecule is O=C(NC1CC1)[C@@H]1[C@H]2C=C[C@]3(O2)[C@H](C(=O)NC2CCCC2)N(Cc2ccccc2)C(=O)[C@@H]13. The highest BCUT2D eigenvalue weighted by Gasteiger charge is 2.72. The molecule has 2 bridgehead atoms. The predicted octanol–water partition coefficient (Wildman–Crippen LogP) is 1.67. The molecule has 168 valence electrons. The molecule has 1 aromatic carbocycles. The standard InChI is InChI=1S/C25H29N3O4/c29-22(26-17-10-11-17)19-18-12-13-25(32-18)20(19)24(31)28(14-15-6-2-1-3-7-15)21(25)23(30)27-16-8-4-5-9-16/h1-3,6-7,12-13,16-21H,4-5,8-11,14H2,(H,26,29)(H,27,30)/t18-,19-,20-,21+,25-/m1/s1. The number of fused-ring (bicyclic) bond motifs is 1. The van der Waals surface area contributed by atoms with Crippen molar-refractivity contribution in [3.8, 4) is 0 Å². The van der Waals surface area contributed by atoms with Gasteiger partial charge in [-0.15, -0.1) is 0 Å². The monoisotopic (exact) mass is 435 g/mol. The summed E-state index contributed by atoms with van der Waals surface area (Å²) in [6.07, 6.45) is 9.42. The average molecular weight is 436 g/mol. The summed E-state index contributed by atoms with van der Waals surface area (Å²) in [4.78, 5) is 42.2. The molecule has 5 aliphatic rings. The molecule has 7 heteroatoms. The number of rotatable bonds is 6. The van der Waals surface area contributed by atoms with E-state index in [4.69, 9.17) is 4.74 Å². The minimum atomic E-state index is -1.08. The summed E-state index contributed by atoms with van der Waals surface area (Å²) in [6, 6.07) is 9.27. The molecule has 1 spiro atoms. The molecule has 7 nitrogen and oxygen atoms in total. The first kappa shape index (κ1) is 20.0. The summed E-state index contributed by atoms with van der Waals surface area (Å²) >= 11 is 0. The highest BCUT2D eigenvalue weighted by Crippen LogP contribution is 2.55. The Morgan fingerprint density at radius 2 is 1.69 bits per heavy atom. The molecule has 0 unspecified atom stereocenters. The number of likely N-dealkylation sites (tertiary alicyclic amines) is 1. The van der Waals surface area contributed by atoms with E-state index in [0.29, 0.717) is 6.54 Å². The Balaban J connectivity index is 1.34. The van der Waals surface area contributed by atoms with E-state index in [1.807, 2.05) is 42.5 Å². The minimum absolute atomic E-state index is 0.126. The van der Waals surface area contributed by atoms with Crippen molar-refractivity contribution < 1.29 is 19.1 Å². The third-order valence-corrected chi connectivity index (χ3v) is 7.75. The molecular weight excluding hydrogens is 406 g/mol. The van der Waals surface area contributed by atoms with Gasteiger partial charge in [0.25, 0.3) is 0 Å². The zero-order valence-electron chi connectivity index (χ0n) is 18.0. The maximum atomic E-state index is 13.8. The van der Waals surface area contributed by atoms with Gasteiger partial charge in [-0.3, -0.25) is 14.4 Å². The van der Waals surface area contributed by atoms with Crippen molar-refractivity contribution in [2.75, 3.05) is 0 Å². The van der Waals surface area contributed by atoms with Gasteiger partial charge in [-0.2, -0.15) is 0 Å². The molecule has 3 heterocycles. The third-order valence-electron chi connectivity index (χ3n) is 7.75. The molecule has 1 aromatic rings. The predicted molar refractivity (Wildman–Crippen MR) is 116 cm³/mol. The summed E-state index contributed by atoms with van der Waals surface area (Å²) in [5, 5.41) is 6.24. The Kier molecular flexibility index (Phi) is 4.64. The van der Waals surface area contributed by atoms with Crippen molar-refractivity contribution in [2.24, 2.45) is 11.8 Å². The highest BCUT2D eigenvalue weighted by molar-refractivity contribution is 6.00. The zero-order chi connectivity index (χ0) is 21.9. The quantitative estimate of drug-likeness (QED) is 0.666. The number of amides is 3. The van der Waals surface area contributed by atoms with Gasteiger partial charge in [0.05, 0.1) is 17.9 Å². The maximum absolute atomic E-state index is 13.8. The Morgan fingerprint density at radius 3 is 2.41 bits per heavy atom. The van der Waals surface area contributed by atoms with Crippen molar-refractivity contribution in [2.45, 2.75) is 74.9 Å². The molecule has 32 heavy (non-hydrogen) atoms. The lowest BCUT2D eigenvalue weighted by molar-refractivity contribution is -0.142. The number of nitrogens with zero attached hydrogens (tertiary/aromatic N) is 1. The first-order valence-corrected chi connectivity index (χ1v) is 11.9. The molecule has 5 atom stereocenters. The molecule has 4 fully saturated rings. The van der Waals surface area contributed by atoms with Crippen LogP contribution in [0, 0.1) is 11.8 Å². The van der Waals surface area contributed by atoms with Gasteiger partial charge in [0.15, 0.2) is 0 Å². The van der Waals surface area contributed by atoms with Crippen molar-refractivity contribution in [1.82, 2.24) is 15.5 Å². The van der Waals surface area contributed by atoms with Crippen LogP contribution in [0.4, 0.5) is 0 Å². The fourth-order valence-corrected chi connectivity index (χ4v) is 6.09. The Morgan fingerprint density at radius 1 is 1.00 bits per heavy atom. The van der Waals surface area contributed by atoms with Crippen LogP contribution >= 0.6 is 0 Å². The van der Waals surface area contributed by atoms with Crippen LogP contribution in [0.3, 0.4) is 0 Å². The van der Waals surface area contributed by atoms with Gasteiger partial charge >= 0.3 is 0 Å². The van der Waals surface area contributed by atoms with Crippen molar-refractivity contribution in [3.05, 3.63) is 48.0 Å². The molecule has 0 radical (unpaired) electrons. The van der Waals surface area contributed by atoms with Gasteiger partial charge in [0.2, 0.25) is 17.7 Å². The second-order valence-electron chi connectivity index (χ2n) is 9.93. The van der Waals surface area contributed by atoms with Crippen LogP contribution in [0.25, 0.3) is 0 Å². The average Bonchev–Trinajstić information content (AvgIpc) is 3.14. The number of nitrogens with one attached hydrogen (secondary N) is 2. The van der Waals surface area contributed by atoms with E-state index in [2.05, 4.69) is 10.6 Å². The van der Waals surface area contributed by atoms with Crippen LogP contribution < -0.4 is 10.6 Å². The number of hydrogen-bond acceptors (Lipinski definition) is 4. The van der Waals surface area contributed by atoms with Crippen molar-refractivity contribution >= 4 is 17.7 Å². The second kappa shape index (κ2) is 7.44. The van der Waals surface area contributed by atoms with E-state index < -0.39 is 29.6 Å². The van der Waals surface area contributed by atoms with E-state index in [1.54, 1.807) is 4.90 Å². The molecule has 2 saturated heterocycles. The van der Waals surface area contributed by atoms with Crippen LogP contribution in [0.1, 0.15) is 44.1 Å². The molecule has 3 aliphatic heterocycles. The maximum Gasteiger partial charge on any atom is 0.246 e. The molecule has 0 aromatic heterocycles. The van der Waals surface area contributed by atoms with E-state index in [9.17, 15) is 14.4 Å². The molecule has 3 amide bonds. The fourth-order valence-electron chi connectivity index (χ4n) is 6.09. The number of ether oxygens (including phenoxy) is 1. The fraction of sp³-hybridized carbons (Fsp3) is 0.560. The number of carbonyl (C=O) groups excluding carboxylic acids is 3. The molecule has 6 rings (SSSR count). The highest BCUT2D eigenvalue weighted by atomic mass is 16.5. The molecular formula is C25H29N3O4. The molecule has 2 N–H and O–H groups in total. The van der Waals surface area contributed by atoms with Crippen LogP contribution in [-0.2, 0) is 25.7 Å². The third kappa shape index (κ3) is 3.09. The van der Waals surface area contributed by atoms with Gasteiger partial charge in [-0.1, -0.05) is 55.3 Å². The van der Waals surface area contributed by atoms with Gasteiger partial charge < -0.3 is 20.3 Å². The molecule has 2 saturated carbocycles. The van der Waals surface area contributed by atoms with Gasteiger partial charge in [-0.25, -0.2) is 0 Å². The summed E-state index contributed by atoms with van der Waals surface area (Å²) in [5.74, 6) is -1.71. The number of hydrogen-bond donors (Lipinski definition) is 2. The molecule has 2 aliphatic carbocycles. The number of carbonyl (C=O) groups is 3. The Hall–Kier alpha value is -2.67. The largest absolute Gasteiger partial charge is 0.359 e. The topological polar surface area (TPSA) is 87.7 Å². The summed E-state index contributed by atoms with van der Waals surface area (Å²) in [5.41, 5.74) is -0.126. The van der Waals surface area contributed by atoms with E-state index >= 15 is 0 Å². The van der Waals surface area contributed by atoms with Crippen molar-refractivity contribution in [1.29, 1.82) is 0 Å². The van der Waals surface area contributed by atoms with E-state index in [1.165, 1.54) is 0 Å². The summed E-state index contributed by atoms with van der Waals surface area (Å²) < 4.78 is 6.36. The van der Waals surface area contributed by atoms with E-state index in [0.717, 1.165) is 44.1 Å². The van der Waals surface area contributed by atoms with Gasteiger partial charge in [0, 0.05) is 18.6 Å². The van der Waals surface area contributed by atoms with Crippen molar-refractivity contribution in [3.63, 3.8) is 0 Å². The smallest absolute Gasteiger partial charge is 0.246 e. The Labute approximate surface area is 187 Å². The van der Waals surface area contributed by atoms with Gasteiger partial charge in [0.1, 0.15) is 11.6 Å². The summed E-state index contributed by atoms with van der Waals surface area (Å²) in [6.45, 7) is 0.319. The van der Waals surface area contributed by atoms with Crippen LogP contribution in [0.15, 0.2) is 42.5 Å². The number of benzene rings is 1. The minimum Gasteiger partial charge on any atom is -0.359 e. The van der Waals surface area contributed by atoms with Crippen LogP contribution in [-0.4, -0.2) is 52.5 Å².